The van der Waals surface area contributed by atoms with Gasteiger partial charge in [0.1, 0.15) is 5.75 Å². The van der Waals surface area contributed by atoms with E-state index in [0.717, 1.165) is 4.47 Å². The third kappa shape index (κ3) is 3.48. The fourth-order valence-corrected chi connectivity index (χ4v) is 2.63. The molecule has 20 heavy (non-hydrogen) atoms. The first-order valence-corrected chi connectivity index (χ1v) is 7.26. The standard InChI is InChI=1S/C14H11BrClNO2S/c1-19-9-3-5-11(16)12(7-9)17-14(18)10-4-2-8(15)6-13(10)20/h2-7,20H,1H3,(H,17,18). The average molecular weight is 373 g/mol. The topological polar surface area (TPSA) is 38.3 Å². The zero-order chi connectivity index (χ0) is 14.7. The monoisotopic (exact) mass is 371 g/mol. The molecular formula is C14H11BrClNO2S. The molecule has 0 unspecified atom stereocenters. The molecule has 0 saturated carbocycles. The average Bonchev–Trinajstić information content (AvgIpc) is 2.41. The predicted molar refractivity (Wildman–Crippen MR) is 87.4 cm³/mol. The normalized spacial score (nSPS) is 10.2. The van der Waals surface area contributed by atoms with Crippen LogP contribution in [0.1, 0.15) is 10.4 Å². The largest absolute Gasteiger partial charge is 0.497 e. The molecule has 3 nitrogen and oxygen atoms in total. The molecule has 0 fully saturated rings. The Bertz CT molecular complexity index is 664. The molecular weight excluding hydrogens is 362 g/mol. The Hall–Kier alpha value is -1.17. The van der Waals surface area contributed by atoms with Crippen LogP contribution < -0.4 is 10.1 Å². The quantitative estimate of drug-likeness (QED) is 0.770. The Balaban J connectivity index is 2.27. The van der Waals surface area contributed by atoms with Crippen LogP contribution in [0.25, 0.3) is 0 Å². The van der Waals surface area contributed by atoms with Crippen molar-refractivity contribution in [1.82, 2.24) is 0 Å². The van der Waals surface area contributed by atoms with Gasteiger partial charge in [-0.15, -0.1) is 12.6 Å². The van der Waals surface area contributed by atoms with Gasteiger partial charge in [0.2, 0.25) is 0 Å². The Morgan fingerprint density at radius 3 is 2.70 bits per heavy atom. The van der Waals surface area contributed by atoms with E-state index in [9.17, 15) is 4.79 Å². The van der Waals surface area contributed by atoms with Gasteiger partial charge >= 0.3 is 0 Å². The fourth-order valence-electron chi connectivity index (χ4n) is 1.61. The number of hydrogen-bond donors (Lipinski definition) is 2. The van der Waals surface area contributed by atoms with Crippen molar-refractivity contribution < 1.29 is 9.53 Å². The molecule has 0 aromatic heterocycles. The highest BCUT2D eigenvalue weighted by Crippen LogP contribution is 2.28. The Labute approximate surface area is 135 Å². The number of benzene rings is 2. The van der Waals surface area contributed by atoms with Crippen LogP contribution in [0.5, 0.6) is 5.75 Å². The molecule has 1 amide bonds. The van der Waals surface area contributed by atoms with Crippen molar-refractivity contribution >= 4 is 51.8 Å². The van der Waals surface area contributed by atoms with Crippen molar-refractivity contribution in [3.05, 3.63) is 51.5 Å². The molecule has 2 aromatic rings. The molecule has 0 aliphatic heterocycles. The van der Waals surface area contributed by atoms with Crippen LogP contribution in [0.2, 0.25) is 5.02 Å². The van der Waals surface area contributed by atoms with Gasteiger partial charge in [-0.2, -0.15) is 0 Å². The summed E-state index contributed by atoms with van der Waals surface area (Å²) in [7, 11) is 1.55. The van der Waals surface area contributed by atoms with E-state index in [0.29, 0.717) is 26.9 Å². The van der Waals surface area contributed by atoms with Crippen LogP contribution in [0.4, 0.5) is 5.69 Å². The zero-order valence-corrected chi connectivity index (χ0v) is 13.7. The lowest BCUT2D eigenvalue weighted by Gasteiger charge is -2.10. The highest BCUT2D eigenvalue weighted by Gasteiger charge is 2.12. The summed E-state index contributed by atoms with van der Waals surface area (Å²) in [5, 5.41) is 3.19. The van der Waals surface area contributed by atoms with Crippen LogP contribution >= 0.6 is 40.2 Å². The Kier molecular flexibility index (Phi) is 4.96. The first kappa shape index (κ1) is 15.2. The van der Waals surface area contributed by atoms with Gasteiger partial charge in [-0.25, -0.2) is 0 Å². The molecule has 2 rings (SSSR count). The summed E-state index contributed by atoms with van der Waals surface area (Å²) < 4.78 is 5.97. The summed E-state index contributed by atoms with van der Waals surface area (Å²) >= 11 is 13.7. The van der Waals surface area contributed by atoms with Crippen LogP contribution in [0.3, 0.4) is 0 Å². The van der Waals surface area contributed by atoms with E-state index in [1.165, 1.54) is 0 Å². The van der Waals surface area contributed by atoms with Gasteiger partial charge in [-0.1, -0.05) is 27.5 Å². The van der Waals surface area contributed by atoms with E-state index >= 15 is 0 Å². The predicted octanol–water partition coefficient (Wildman–Crippen LogP) is 4.65. The molecule has 0 bridgehead atoms. The van der Waals surface area contributed by atoms with Crippen LogP contribution in [-0.4, -0.2) is 13.0 Å². The second kappa shape index (κ2) is 6.52. The van der Waals surface area contributed by atoms with Crippen molar-refractivity contribution in [1.29, 1.82) is 0 Å². The lowest BCUT2D eigenvalue weighted by atomic mass is 10.2. The van der Waals surface area contributed by atoms with Crippen molar-refractivity contribution in [2.75, 3.05) is 12.4 Å². The summed E-state index contributed by atoms with van der Waals surface area (Å²) in [5.74, 6) is 0.337. The SMILES string of the molecule is COc1ccc(Cl)c(NC(=O)c2ccc(Br)cc2S)c1. The molecule has 2 aromatic carbocycles. The van der Waals surface area contributed by atoms with E-state index in [4.69, 9.17) is 16.3 Å². The van der Waals surface area contributed by atoms with Crippen molar-refractivity contribution in [2.24, 2.45) is 0 Å². The number of hydrogen-bond acceptors (Lipinski definition) is 3. The van der Waals surface area contributed by atoms with Gasteiger partial charge in [-0.05, 0) is 30.3 Å². The van der Waals surface area contributed by atoms with Crippen molar-refractivity contribution in [3.8, 4) is 5.75 Å². The number of halogens is 2. The lowest BCUT2D eigenvalue weighted by molar-refractivity contribution is 0.102. The Morgan fingerprint density at radius 2 is 2.05 bits per heavy atom. The van der Waals surface area contributed by atoms with E-state index in [2.05, 4.69) is 33.9 Å². The summed E-state index contributed by atoms with van der Waals surface area (Å²) in [6, 6.07) is 10.3. The molecule has 0 saturated heterocycles. The van der Waals surface area contributed by atoms with Gasteiger partial charge in [0.05, 0.1) is 23.4 Å². The third-order valence-electron chi connectivity index (χ3n) is 2.63. The molecule has 6 heteroatoms. The molecule has 0 radical (unpaired) electrons. The number of carbonyl (C=O) groups is 1. The highest BCUT2D eigenvalue weighted by atomic mass is 79.9. The highest BCUT2D eigenvalue weighted by molar-refractivity contribution is 9.10. The minimum Gasteiger partial charge on any atom is -0.497 e. The molecule has 0 atom stereocenters. The number of carbonyl (C=O) groups excluding carboxylic acids is 1. The molecule has 0 spiro atoms. The van der Waals surface area contributed by atoms with Gasteiger partial charge in [0.25, 0.3) is 5.91 Å². The zero-order valence-electron chi connectivity index (χ0n) is 10.5. The second-order valence-electron chi connectivity index (χ2n) is 3.96. The summed E-state index contributed by atoms with van der Waals surface area (Å²) in [5.41, 5.74) is 0.960. The minimum absolute atomic E-state index is 0.280. The van der Waals surface area contributed by atoms with Gasteiger partial charge in [0.15, 0.2) is 0 Å². The maximum absolute atomic E-state index is 12.2. The summed E-state index contributed by atoms with van der Waals surface area (Å²) in [6.07, 6.45) is 0. The van der Waals surface area contributed by atoms with Crippen molar-refractivity contribution in [2.45, 2.75) is 4.90 Å². The van der Waals surface area contributed by atoms with E-state index in [1.54, 1.807) is 43.5 Å². The van der Waals surface area contributed by atoms with Gasteiger partial charge in [-0.3, -0.25) is 4.79 Å². The number of methoxy groups -OCH3 is 1. The summed E-state index contributed by atoms with van der Waals surface area (Å²) in [6.45, 7) is 0. The Morgan fingerprint density at radius 1 is 1.30 bits per heavy atom. The second-order valence-corrected chi connectivity index (χ2v) is 5.77. The number of thiol groups is 1. The number of anilines is 1. The number of rotatable bonds is 3. The van der Waals surface area contributed by atoms with Gasteiger partial charge in [0, 0.05) is 15.4 Å². The first-order valence-electron chi connectivity index (χ1n) is 5.64. The maximum atomic E-state index is 12.2. The fraction of sp³-hybridized carbons (Fsp3) is 0.0714. The summed E-state index contributed by atoms with van der Waals surface area (Å²) in [4.78, 5) is 12.8. The van der Waals surface area contributed by atoms with Crippen LogP contribution in [0, 0.1) is 0 Å². The first-order chi connectivity index (χ1) is 9.51. The molecule has 0 aliphatic rings. The maximum Gasteiger partial charge on any atom is 0.256 e. The van der Waals surface area contributed by atoms with E-state index in [-0.39, 0.29) is 5.91 Å². The molecule has 0 aliphatic carbocycles. The van der Waals surface area contributed by atoms with Crippen LogP contribution in [-0.2, 0) is 0 Å². The lowest BCUT2D eigenvalue weighted by Crippen LogP contribution is -2.13. The minimum atomic E-state index is -0.280. The molecule has 1 N–H and O–H groups in total. The third-order valence-corrected chi connectivity index (χ3v) is 3.82. The molecule has 0 heterocycles. The van der Waals surface area contributed by atoms with E-state index in [1.807, 2.05) is 0 Å². The number of amides is 1. The van der Waals surface area contributed by atoms with E-state index < -0.39 is 0 Å². The number of nitrogens with one attached hydrogen (secondary N) is 1. The number of ether oxygens (including phenoxy) is 1. The van der Waals surface area contributed by atoms with Crippen molar-refractivity contribution in [3.63, 3.8) is 0 Å². The van der Waals surface area contributed by atoms with Crippen LogP contribution in [0.15, 0.2) is 45.8 Å². The molecule has 104 valence electrons. The van der Waals surface area contributed by atoms with Gasteiger partial charge < -0.3 is 10.1 Å². The smallest absolute Gasteiger partial charge is 0.256 e.